The smallest absolute Gasteiger partial charge is 0.119 e. The molecule has 0 aliphatic rings. The van der Waals surface area contributed by atoms with Crippen molar-refractivity contribution in [1.29, 1.82) is 0 Å². The molecule has 238 valence electrons. The van der Waals surface area contributed by atoms with Crippen molar-refractivity contribution in [3.8, 4) is 44.9 Å². The molecule has 0 atom stereocenters. The summed E-state index contributed by atoms with van der Waals surface area (Å²) in [6.45, 7) is 3.64. The summed E-state index contributed by atoms with van der Waals surface area (Å²) in [4.78, 5) is 0. The van der Waals surface area contributed by atoms with E-state index in [4.69, 9.17) is 32.7 Å². The van der Waals surface area contributed by atoms with E-state index in [0.29, 0.717) is 18.4 Å². The third-order valence-corrected chi connectivity index (χ3v) is 8.98. The van der Waals surface area contributed by atoms with Gasteiger partial charge in [0.25, 0.3) is 0 Å². The van der Waals surface area contributed by atoms with E-state index in [9.17, 15) is 0 Å². The molecule has 0 aliphatic carbocycles. The van der Waals surface area contributed by atoms with Gasteiger partial charge in [0.1, 0.15) is 11.5 Å². The molecule has 0 radical (unpaired) electrons. The lowest BCUT2D eigenvalue weighted by atomic mass is 9.84. The van der Waals surface area contributed by atoms with Gasteiger partial charge >= 0.3 is 0 Å². The number of hydrogen-bond donors (Lipinski definition) is 0. The number of aryl methyl sites for hydroxylation is 1. The van der Waals surface area contributed by atoms with Gasteiger partial charge in [-0.3, -0.25) is 0 Å². The zero-order valence-corrected chi connectivity index (χ0v) is 28.3. The van der Waals surface area contributed by atoms with Gasteiger partial charge in [-0.2, -0.15) is 0 Å². The normalized spacial score (nSPS) is 11.0. The monoisotopic (exact) mass is 650 g/mol. The van der Waals surface area contributed by atoms with Crippen LogP contribution in [0.2, 0.25) is 0 Å². The van der Waals surface area contributed by atoms with Crippen molar-refractivity contribution in [1.82, 2.24) is 0 Å². The van der Waals surface area contributed by atoms with Crippen LogP contribution in [0.3, 0.4) is 0 Å². The highest BCUT2D eigenvalue weighted by Gasteiger charge is 2.20. The van der Waals surface area contributed by atoms with E-state index in [-0.39, 0.29) is 0 Å². The average Bonchev–Trinajstić information content (AvgIpc) is 3.12. The van der Waals surface area contributed by atoms with Gasteiger partial charge in [-0.1, -0.05) is 124 Å². The van der Waals surface area contributed by atoms with Crippen molar-refractivity contribution in [2.45, 2.75) is 63.6 Å². The number of alkyl halides is 2. The minimum Gasteiger partial charge on any atom is -0.494 e. The zero-order chi connectivity index (χ0) is 32.0. The van der Waals surface area contributed by atoms with E-state index >= 15 is 0 Å². The van der Waals surface area contributed by atoms with Crippen LogP contribution in [-0.4, -0.2) is 13.2 Å². The number of rotatable bonds is 17. The van der Waals surface area contributed by atoms with Gasteiger partial charge in [0.15, 0.2) is 0 Å². The maximum Gasteiger partial charge on any atom is 0.119 e. The zero-order valence-electron chi connectivity index (χ0n) is 26.8. The molecule has 0 amide bonds. The number of halogens is 2. The SMILES string of the molecule is CCCCCCCOc1ccc(-c2ccc(OCCCc3cc(CCl)c(-c4ccccc4)c(-c4ccccc4)c3CCl)cc2)cc1. The summed E-state index contributed by atoms with van der Waals surface area (Å²) >= 11 is 13.3. The highest BCUT2D eigenvalue weighted by Crippen LogP contribution is 2.41. The fourth-order valence-electron chi connectivity index (χ4n) is 6.02. The lowest BCUT2D eigenvalue weighted by molar-refractivity contribution is 0.304. The Bertz CT molecular complexity index is 1620. The Morgan fingerprint density at radius 2 is 1.00 bits per heavy atom. The lowest BCUT2D eigenvalue weighted by Crippen LogP contribution is -2.05. The topological polar surface area (TPSA) is 18.5 Å². The molecule has 5 aromatic carbocycles. The van der Waals surface area contributed by atoms with Crippen molar-refractivity contribution < 1.29 is 9.47 Å². The van der Waals surface area contributed by atoms with Gasteiger partial charge in [-0.05, 0) is 93.6 Å². The van der Waals surface area contributed by atoms with Gasteiger partial charge in [0.2, 0.25) is 0 Å². The Hall–Kier alpha value is -3.72. The van der Waals surface area contributed by atoms with Crippen molar-refractivity contribution in [2.75, 3.05) is 13.2 Å². The maximum absolute atomic E-state index is 6.70. The second-order valence-corrected chi connectivity index (χ2v) is 12.2. The third-order valence-electron chi connectivity index (χ3n) is 8.43. The molecule has 5 rings (SSSR count). The van der Waals surface area contributed by atoms with Crippen LogP contribution in [0.1, 0.15) is 62.1 Å². The largest absolute Gasteiger partial charge is 0.494 e. The van der Waals surface area contributed by atoms with E-state index in [2.05, 4.69) is 97.9 Å². The molecule has 0 fully saturated rings. The molecular weight excluding hydrogens is 607 g/mol. The molecule has 2 nitrogen and oxygen atoms in total. The average molecular weight is 652 g/mol. The predicted molar refractivity (Wildman–Crippen MR) is 196 cm³/mol. The molecule has 0 heterocycles. The summed E-state index contributed by atoms with van der Waals surface area (Å²) in [7, 11) is 0. The second-order valence-electron chi connectivity index (χ2n) is 11.7. The molecule has 0 bridgehead atoms. The maximum atomic E-state index is 6.70. The molecule has 5 aromatic rings. The molecule has 0 N–H and O–H groups in total. The Labute approximate surface area is 285 Å². The lowest BCUT2D eigenvalue weighted by Gasteiger charge is -2.22. The van der Waals surface area contributed by atoms with Crippen molar-refractivity contribution >= 4 is 23.2 Å². The van der Waals surface area contributed by atoms with Crippen LogP contribution in [0.5, 0.6) is 11.5 Å². The Morgan fingerprint density at radius 3 is 1.52 bits per heavy atom. The fraction of sp³-hybridized carbons (Fsp3) is 0.286. The van der Waals surface area contributed by atoms with Gasteiger partial charge in [0.05, 0.1) is 13.2 Å². The molecular formula is C42H44Cl2O2. The highest BCUT2D eigenvalue weighted by molar-refractivity contribution is 6.19. The number of ether oxygens (including phenoxy) is 2. The Morgan fingerprint density at radius 1 is 0.478 bits per heavy atom. The van der Waals surface area contributed by atoms with E-state index in [1.54, 1.807) is 0 Å². The van der Waals surface area contributed by atoms with Crippen molar-refractivity contribution in [3.05, 3.63) is 132 Å². The van der Waals surface area contributed by atoms with Crippen LogP contribution in [0.15, 0.2) is 115 Å². The number of unbranched alkanes of at least 4 members (excludes halogenated alkanes) is 4. The molecule has 0 saturated heterocycles. The van der Waals surface area contributed by atoms with Crippen LogP contribution in [0.25, 0.3) is 33.4 Å². The van der Waals surface area contributed by atoms with E-state index in [1.165, 1.54) is 42.4 Å². The first-order valence-electron chi connectivity index (χ1n) is 16.6. The molecule has 0 aromatic heterocycles. The predicted octanol–water partition coefficient (Wildman–Crippen LogP) is 12.5. The molecule has 0 spiro atoms. The molecule has 4 heteroatoms. The Kier molecular flexibility index (Phi) is 13.0. The number of hydrogen-bond acceptors (Lipinski definition) is 2. The Balaban J connectivity index is 1.21. The van der Waals surface area contributed by atoms with Crippen LogP contribution in [0.4, 0.5) is 0 Å². The summed E-state index contributed by atoms with van der Waals surface area (Å²) in [5.41, 5.74) is 10.5. The van der Waals surface area contributed by atoms with Crippen LogP contribution in [0, 0.1) is 0 Å². The second kappa shape index (κ2) is 17.8. The van der Waals surface area contributed by atoms with Crippen molar-refractivity contribution in [2.24, 2.45) is 0 Å². The highest BCUT2D eigenvalue weighted by atomic mass is 35.5. The molecule has 0 aliphatic heterocycles. The fourth-order valence-corrected chi connectivity index (χ4v) is 6.53. The van der Waals surface area contributed by atoms with Gasteiger partial charge in [-0.25, -0.2) is 0 Å². The first-order chi connectivity index (χ1) is 22.7. The summed E-state index contributed by atoms with van der Waals surface area (Å²) in [6.07, 6.45) is 7.94. The van der Waals surface area contributed by atoms with Crippen LogP contribution in [-0.2, 0) is 18.2 Å². The van der Waals surface area contributed by atoms with Gasteiger partial charge in [0, 0.05) is 11.8 Å². The van der Waals surface area contributed by atoms with E-state index in [0.717, 1.165) is 70.7 Å². The standard InChI is InChI=1S/C42H44Cl2O2/c1-2-3-4-5-12-27-45-38-23-19-32(20-24-38)33-21-25-39(26-22-33)46-28-13-18-36-29-37(30-43)41(34-14-8-6-9-15-34)42(40(36)31-44)35-16-10-7-11-17-35/h6-11,14-17,19-26,29H,2-5,12-13,18,27-28,30-31H2,1H3. The first-order valence-corrected chi connectivity index (χ1v) is 17.6. The molecule has 0 saturated carbocycles. The molecule has 0 unspecified atom stereocenters. The van der Waals surface area contributed by atoms with E-state index < -0.39 is 0 Å². The summed E-state index contributed by atoms with van der Waals surface area (Å²) in [6, 6.07) is 40.0. The van der Waals surface area contributed by atoms with Gasteiger partial charge < -0.3 is 9.47 Å². The third kappa shape index (κ3) is 8.96. The van der Waals surface area contributed by atoms with Crippen LogP contribution >= 0.6 is 23.2 Å². The molecule has 46 heavy (non-hydrogen) atoms. The summed E-state index contributed by atoms with van der Waals surface area (Å²) in [5, 5.41) is 0. The van der Waals surface area contributed by atoms with E-state index in [1.807, 2.05) is 24.3 Å². The quantitative estimate of drug-likeness (QED) is 0.0736. The minimum atomic E-state index is 0.427. The summed E-state index contributed by atoms with van der Waals surface area (Å²) < 4.78 is 12.1. The summed E-state index contributed by atoms with van der Waals surface area (Å²) in [5.74, 6) is 2.66. The first kappa shape index (κ1) is 33.6. The number of benzene rings is 5. The van der Waals surface area contributed by atoms with Gasteiger partial charge in [-0.15, -0.1) is 23.2 Å². The minimum absolute atomic E-state index is 0.427. The van der Waals surface area contributed by atoms with Crippen molar-refractivity contribution in [3.63, 3.8) is 0 Å². The van der Waals surface area contributed by atoms with Crippen LogP contribution < -0.4 is 9.47 Å².